The van der Waals surface area contributed by atoms with E-state index in [9.17, 15) is 9.59 Å². The average Bonchev–Trinajstić information content (AvgIpc) is 2.98. The minimum Gasteiger partial charge on any atom is -0.486 e. The van der Waals surface area contributed by atoms with Crippen molar-refractivity contribution < 1.29 is 14.3 Å². The lowest BCUT2D eigenvalue weighted by molar-refractivity contribution is -0.119. The molecule has 1 atom stereocenters. The summed E-state index contributed by atoms with van der Waals surface area (Å²) in [6.07, 6.45) is 0. The summed E-state index contributed by atoms with van der Waals surface area (Å²) in [6.45, 7) is 11.5. The van der Waals surface area contributed by atoms with Crippen LogP contribution in [0.25, 0.3) is 0 Å². The minimum absolute atomic E-state index is 0.139. The molecular weight excluding hydrogens is 404 g/mol. The first-order valence-electron chi connectivity index (χ1n) is 9.68. The average molecular weight is 435 g/mol. The van der Waals surface area contributed by atoms with Gasteiger partial charge in [-0.1, -0.05) is 37.7 Å². The second kappa shape index (κ2) is 9.84. The van der Waals surface area contributed by atoms with E-state index in [-0.39, 0.29) is 6.61 Å². The molecule has 0 radical (unpaired) electrons. The zero-order chi connectivity index (χ0) is 22.5. The maximum absolute atomic E-state index is 12.2. The monoisotopic (exact) mass is 434 g/mol. The van der Waals surface area contributed by atoms with Crippen LogP contribution in [0.3, 0.4) is 0 Å². The van der Waals surface area contributed by atoms with Gasteiger partial charge in [0, 0.05) is 5.54 Å². The van der Waals surface area contributed by atoms with E-state index in [4.69, 9.17) is 10.6 Å². The number of carbonyl (C=O) groups excluding carboxylic acids is 2. The van der Waals surface area contributed by atoms with E-state index in [0.717, 1.165) is 11.8 Å². The van der Waals surface area contributed by atoms with E-state index < -0.39 is 22.7 Å². The first-order chi connectivity index (χ1) is 14.0. The zero-order valence-corrected chi connectivity index (χ0v) is 19.0. The zero-order valence-electron chi connectivity index (χ0n) is 18.2. The molecule has 0 aliphatic carbocycles. The van der Waals surface area contributed by atoms with Crippen LogP contribution in [0.1, 0.15) is 58.8 Å². The summed E-state index contributed by atoms with van der Waals surface area (Å²) in [4.78, 5) is 24.1. The lowest BCUT2D eigenvalue weighted by Gasteiger charge is -2.21. The normalized spacial score (nSPS) is 12.5. The molecule has 0 aliphatic heterocycles. The molecule has 2 aromatic rings. The summed E-state index contributed by atoms with van der Waals surface area (Å²) in [5.41, 5.74) is 0.786. The fourth-order valence-corrected chi connectivity index (χ4v) is 3.17. The predicted molar refractivity (Wildman–Crippen MR) is 117 cm³/mol. The maximum Gasteiger partial charge on any atom is 0.321 e. The Morgan fingerprint density at radius 1 is 1.17 bits per heavy atom. The van der Waals surface area contributed by atoms with Gasteiger partial charge in [-0.25, -0.2) is 9.47 Å². The molecule has 4 N–H and O–H groups in total. The highest BCUT2D eigenvalue weighted by atomic mass is 32.2. The molecule has 0 aliphatic rings. The highest BCUT2D eigenvalue weighted by molar-refractivity contribution is 8.00. The Morgan fingerprint density at radius 2 is 1.80 bits per heavy atom. The SMILES string of the molecule is CC(Sc1nnc(COc2ccc(C(C)C)cc2)n1N)C(=O)NC(=O)NC(C)(C)C. The molecule has 0 saturated heterocycles. The molecule has 1 aromatic heterocycles. The second-order valence-electron chi connectivity index (χ2n) is 8.23. The van der Waals surface area contributed by atoms with Crippen LogP contribution in [-0.2, 0) is 11.4 Å². The highest BCUT2D eigenvalue weighted by Gasteiger charge is 2.22. The molecule has 0 spiro atoms. The van der Waals surface area contributed by atoms with E-state index in [1.165, 1.54) is 10.2 Å². The molecule has 3 amide bonds. The first kappa shape index (κ1) is 23.5. The van der Waals surface area contributed by atoms with Crippen molar-refractivity contribution in [2.24, 2.45) is 0 Å². The molecule has 1 unspecified atom stereocenters. The van der Waals surface area contributed by atoms with Crippen LogP contribution in [-0.4, -0.2) is 37.6 Å². The molecular formula is C20H30N6O3S. The Morgan fingerprint density at radius 3 is 2.37 bits per heavy atom. The van der Waals surface area contributed by atoms with Crippen LogP contribution < -0.4 is 21.2 Å². The second-order valence-corrected chi connectivity index (χ2v) is 9.54. The number of thioether (sulfide) groups is 1. The number of benzene rings is 1. The van der Waals surface area contributed by atoms with Crippen molar-refractivity contribution in [1.82, 2.24) is 25.5 Å². The number of aromatic nitrogens is 3. The Hall–Kier alpha value is -2.75. The number of nitrogen functional groups attached to an aromatic ring is 1. The van der Waals surface area contributed by atoms with Crippen LogP contribution >= 0.6 is 11.8 Å². The fourth-order valence-electron chi connectivity index (χ4n) is 2.38. The Kier molecular flexibility index (Phi) is 7.71. The number of nitrogens with zero attached hydrogens (tertiary/aromatic N) is 3. The molecule has 1 aromatic carbocycles. The van der Waals surface area contributed by atoms with E-state index in [1.807, 2.05) is 45.0 Å². The van der Waals surface area contributed by atoms with Crippen molar-refractivity contribution in [1.29, 1.82) is 0 Å². The number of nitrogens with one attached hydrogen (secondary N) is 2. The Bertz CT molecular complexity index is 874. The third kappa shape index (κ3) is 6.94. The summed E-state index contributed by atoms with van der Waals surface area (Å²) in [5.74, 6) is 7.16. The number of hydrogen-bond donors (Lipinski definition) is 3. The smallest absolute Gasteiger partial charge is 0.321 e. The fraction of sp³-hybridized carbons (Fsp3) is 0.500. The van der Waals surface area contributed by atoms with E-state index in [2.05, 4.69) is 34.7 Å². The Labute approximate surface area is 181 Å². The van der Waals surface area contributed by atoms with Gasteiger partial charge in [0.05, 0.1) is 5.25 Å². The topological polar surface area (TPSA) is 124 Å². The number of nitrogens with two attached hydrogens (primary N) is 1. The summed E-state index contributed by atoms with van der Waals surface area (Å²) >= 11 is 1.10. The molecule has 0 fully saturated rings. The maximum atomic E-state index is 12.2. The third-order valence-electron chi connectivity index (χ3n) is 4.03. The minimum atomic E-state index is -0.598. The number of carbonyl (C=O) groups is 2. The molecule has 10 heteroatoms. The number of hydrogen-bond acceptors (Lipinski definition) is 7. The number of ether oxygens (including phenoxy) is 1. The van der Waals surface area contributed by atoms with Gasteiger partial charge in [-0.05, 0) is 51.3 Å². The Balaban J connectivity index is 1.91. The number of imide groups is 1. The van der Waals surface area contributed by atoms with E-state index in [0.29, 0.717) is 22.6 Å². The third-order valence-corrected chi connectivity index (χ3v) is 5.08. The van der Waals surface area contributed by atoms with Crippen molar-refractivity contribution in [2.45, 2.75) is 70.0 Å². The predicted octanol–water partition coefficient (Wildman–Crippen LogP) is 2.80. The quantitative estimate of drug-likeness (QED) is 0.452. The van der Waals surface area contributed by atoms with Crippen LogP contribution in [0.2, 0.25) is 0 Å². The van der Waals surface area contributed by atoms with Crippen LogP contribution in [0, 0.1) is 0 Å². The van der Waals surface area contributed by atoms with Crippen molar-refractivity contribution in [2.75, 3.05) is 5.84 Å². The summed E-state index contributed by atoms with van der Waals surface area (Å²) in [6, 6.07) is 7.29. The molecule has 9 nitrogen and oxygen atoms in total. The van der Waals surface area contributed by atoms with Crippen molar-refractivity contribution in [3.8, 4) is 5.75 Å². The number of rotatable bonds is 7. The van der Waals surface area contributed by atoms with Gasteiger partial charge in [0.25, 0.3) is 0 Å². The number of urea groups is 1. The van der Waals surface area contributed by atoms with Crippen LogP contribution in [0.5, 0.6) is 5.75 Å². The van der Waals surface area contributed by atoms with Crippen LogP contribution in [0.15, 0.2) is 29.4 Å². The highest BCUT2D eigenvalue weighted by Crippen LogP contribution is 2.22. The molecule has 30 heavy (non-hydrogen) atoms. The standard InChI is InChI=1S/C20H30N6O3S/c1-12(2)14-7-9-15(10-8-14)29-11-16-24-25-19(26(16)21)30-13(3)17(27)22-18(28)23-20(4,5)6/h7-10,12-13H,11,21H2,1-6H3,(H2,22,23,27,28). The van der Waals surface area contributed by atoms with Gasteiger partial charge >= 0.3 is 6.03 Å². The van der Waals surface area contributed by atoms with Gasteiger partial charge in [0.1, 0.15) is 12.4 Å². The summed E-state index contributed by atoms with van der Waals surface area (Å²) in [7, 11) is 0. The molecule has 0 saturated carbocycles. The van der Waals surface area contributed by atoms with Crippen molar-refractivity contribution in [3.05, 3.63) is 35.7 Å². The van der Waals surface area contributed by atoms with E-state index >= 15 is 0 Å². The van der Waals surface area contributed by atoms with Gasteiger partial charge in [-0.3, -0.25) is 10.1 Å². The molecule has 1 heterocycles. The molecule has 0 bridgehead atoms. The van der Waals surface area contributed by atoms with Gasteiger partial charge in [0.15, 0.2) is 5.82 Å². The molecule has 164 valence electrons. The van der Waals surface area contributed by atoms with E-state index in [1.54, 1.807) is 6.92 Å². The number of amides is 3. The van der Waals surface area contributed by atoms with Gasteiger partial charge < -0.3 is 15.9 Å². The van der Waals surface area contributed by atoms with Crippen LogP contribution in [0.4, 0.5) is 4.79 Å². The van der Waals surface area contributed by atoms with Crippen molar-refractivity contribution >= 4 is 23.7 Å². The van der Waals surface area contributed by atoms with Gasteiger partial charge in [0.2, 0.25) is 11.1 Å². The largest absolute Gasteiger partial charge is 0.486 e. The summed E-state index contributed by atoms with van der Waals surface area (Å²) < 4.78 is 7.01. The lowest BCUT2D eigenvalue weighted by atomic mass is 10.0. The lowest BCUT2D eigenvalue weighted by Crippen LogP contribution is -2.49. The first-order valence-corrected chi connectivity index (χ1v) is 10.6. The summed E-state index contributed by atoms with van der Waals surface area (Å²) in [5, 5.41) is 12.8. The molecule has 2 rings (SSSR count). The van der Waals surface area contributed by atoms with Crippen molar-refractivity contribution in [3.63, 3.8) is 0 Å². The van der Waals surface area contributed by atoms with Gasteiger partial charge in [-0.2, -0.15) is 0 Å². The van der Waals surface area contributed by atoms with Gasteiger partial charge in [-0.15, -0.1) is 10.2 Å².